The molecular weight excluding hydrogens is 641 g/mol. The number of fused-ring (bicyclic) bond motifs is 5. The van der Waals surface area contributed by atoms with E-state index in [4.69, 9.17) is 9.92 Å². The van der Waals surface area contributed by atoms with Crippen molar-refractivity contribution >= 4 is 10.4 Å². The predicted molar refractivity (Wildman–Crippen MR) is 197 cm³/mol. The fraction of sp³-hybridized carbons (Fsp3) is 1.00. The number of hydrogen-bond donors (Lipinski definition) is 7. The topological polar surface area (TPSA) is 166 Å². The average molecular weight is 715 g/mol. The first-order valence-electron chi connectivity index (χ1n) is 20.0. The van der Waals surface area contributed by atoms with Gasteiger partial charge in [-0.05, 0) is 181 Å². The summed E-state index contributed by atoms with van der Waals surface area (Å²) in [5, 5.41) is 33.0. The minimum absolute atomic E-state index is 0.141. The Morgan fingerprint density at radius 3 is 2.14 bits per heavy atom. The third-order valence-corrected chi connectivity index (χ3v) is 15.1. The molecular formula is C38H74N4O6S. The molecule has 3 unspecified atom stereocenters. The summed E-state index contributed by atoms with van der Waals surface area (Å²) in [6, 6.07) is 0.550. The second-order valence-corrected chi connectivity index (χ2v) is 18.6. The maximum atomic E-state index is 11.9. The van der Waals surface area contributed by atoms with Crippen LogP contribution in [0.3, 0.4) is 0 Å². The fourth-order valence-corrected chi connectivity index (χ4v) is 12.2. The summed E-state index contributed by atoms with van der Waals surface area (Å²) < 4.78 is 38.0. The van der Waals surface area contributed by atoms with Crippen molar-refractivity contribution in [3.05, 3.63) is 0 Å². The van der Waals surface area contributed by atoms with Gasteiger partial charge in [-0.15, -0.1) is 0 Å². The van der Waals surface area contributed by atoms with Crippen molar-refractivity contribution in [1.82, 2.24) is 16.0 Å². The van der Waals surface area contributed by atoms with Crippen LogP contribution in [-0.2, 0) is 14.6 Å². The SMILES string of the molecule is CC(C)[C@](CO)(CC[C@@H](C)[C@H]1CCC2C3C(CC[C@@]21C)[C@@]1(C)CC[C@H](NCCCNCCCCNCCCN)C[C@H]1C[C@@H]3O)OS(=O)(=O)O. The van der Waals surface area contributed by atoms with Gasteiger partial charge in [0.1, 0.15) is 5.60 Å². The van der Waals surface area contributed by atoms with Gasteiger partial charge in [-0.2, -0.15) is 8.42 Å². The average Bonchev–Trinajstić information content (AvgIpc) is 3.40. The van der Waals surface area contributed by atoms with Crippen LogP contribution in [0.4, 0.5) is 0 Å². The molecule has 288 valence electrons. The van der Waals surface area contributed by atoms with Crippen molar-refractivity contribution in [2.24, 2.45) is 58.0 Å². The predicted octanol–water partition coefficient (Wildman–Crippen LogP) is 4.90. The van der Waals surface area contributed by atoms with Crippen LogP contribution in [-0.4, -0.2) is 86.8 Å². The van der Waals surface area contributed by atoms with Crippen molar-refractivity contribution < 1.29 is 27.4 Å². The van der Waals surface area contributed by atoms with E-state index in [-0.39, 0.29) is 17.4 Å². The Morgan fingerprint density at radius 1 is 0.878 bits per heavy atom. The molecule has 11 heteroatoms. The van der Waals surface area contributed by atoms with E-state index < -0.39 is 22.6 Å². The number of unbranched alkanes of at least 4 members (excludes halogenated alkanes) is 1. The van der Waals surface area contributed by atoms with Gasteiger partial charge in [0.05, 0.1) is 12.7 Å². The highest BCUT2D eigenvalue weighted by Gasteiger charge is 2.63. The molecule has 4 aliphatic carbocycles. The van der Waals surface area contributed by atoms with Gasteiger partial charge in [0.15, 0.2) is 0 Å². The van der Waals surface area contributed by atoms with Crippen LogP contribution in [0, 0.1) is 52.3 Å². The van der Waals surface area contributed by atoms with Crippen molar-refractivity contribution in [1.29, 1.82) is 0 Å². The summed E-state index contributed by atoms with van der Waals surface area (Å²) in [6.07, 6.45) is 14.6. The van der Waals surface area contributed by atoms with Gasteiger partial charge in [0.2, 0.25) is 0 Å². The van der Waals surface area contributed by atoms with Gasteiger partial charge in [-0.25, -0.2) is 4.18 Å². The van der Waals surface area contributed by atoms with Crippen LogP contribution in [0.5, 0.6) is 0 Å². The van der Waals surface area contributed by atoms with Crippen LogP contribution < -0.4 is 21.7 Å². The highest BCUT2D eigenvalue weighted by Crippen LogP contribution is 2.68. The minimum Gasteiger partial charge on any atom is -0.393 e. The second-order valence-electron chi connectivity index (χ2n) is 17.6. The highest BCUT2D eigenvalue weighted by atomic mass is 32.3. The standard InChI is InChI=1S/C38H74N4O6S/c1-27(2)38(26-43,48-49(45,46)47)17-12-28(3)31-10-11-32-35-33(14-16-37(31,32)5)36(4)15-13-30(24-29(36)25-34(35)44)42-23-9-22-41-20-7-6-19-40-21-8-18-39/h27-35,40-44H,6-26,39H2,1-5H3,(H,45,46,47)/t28-,29+,30+,31-,32?,33?,34+,35?,36+,37-,38-/m1/s1. The molecule has 10 nitrogen and oxygen atoms in total. The van der Waals surface area contributed by atoms with E-state index >= 15 is 0 Å². The maximum absolute atomic E-state index is 11.9. The van der Waals surface area contributed by atoms with Gasteiger partial charge < -0.3 is 31.9 Å². The molecule has 0 bridgehead atoms. The Labute approximate surface area is 299 Å². The monoisotopic (exact) mass is 715 g/mol. The van der Waals surface area contributed by atoms with Gasteiger partial charge in [0.25, 0.3) is 0 Å². The molecule has 4 saturated carbocycles. The molecule has 0 saturated heterocycles. The Hall–Kier alpha value is -0.370. The smallest absolute Gasteiger partial charge is 0.393 e. The van der Waals surface area contributed by atoms with Gasteiger partial charge >= 0.3 is 10.4 Å². The summed E-state index contributed by atoms with van der Waals surface area (Å²) in [4.78, 5) is 0. The largest absolute Gasteiger partial charge is 0.397 e. The molecule has 0 radical (unpaired) electrons. The first-order chi connectivity index (χ1) is 23.2. The summed E-state index contributed by atoms with van der Waals surface area (Å²) in [6.45, 7) is 16.5. The van der Waals surface area contributed by atoms with Crippen molar-refractivity contribution in [3.8, 4) is 0 Å². The molecule has 0 aliphatic heterocycles. The Morgan fingerprint density at radius 2 is 1.51 bits per heavy atom. The second kappa shape index (κ2) is 18.1. The molecule has 0 amide bonds. The normalized spacial score (nSPS) is 36.6. The number of rotatable bonds is 21. The van der Waals surface area contributed by atoms with Gasteiger partial charge in [-0.3, -0.25) is 4.55 Å². The van der Waals surface area contributed by atoms with E-state index in [1.807, 2.05) is 13.8 Å². The Kier molecular flexibility index (Phi) is 15.3. The van der Waals surface area contributed by atoms with Crippen molar-refractivity contribution in [3.63, 3.8) is 0 Å². The Bertz CT molecular complexity index is 1110. The van der Waals surface area contributed by atoms with E-state index in [2.05, 4.69) is 36.7 Å². The summed E-state index contributed by atoms with van der Waals surface area (Å²) in [5.41, 5.74) is 4.65. The lowest BCUT2D eigenvalue weighted by Gasteiger charge is -2.62. The molecule has 49 heavy (non-hydrogen) atoms. The number of nitrogens with two attached hydrogens (primary N) is 1. The molecule has 0 aromatic rings. The third-order valence-electron chi connectivity index (χ3n) is 14.5. The Balaban J connectivity index is 1.25. The zero-order chi connectivity index (χ0) is 35.9. The van der Waals surface area contributed by atoms with E-state index in [1.54, 1.807) is 0 Å². The zero-order valence-electron chi connectivity index (χ0n) is 31.6. The lowest BCUT2D eigenvalue weighted by molar-refractivity contribution is -0.167. The molecule has 4 rings (SSSR count). The van der Waals surface area contributed by atoms with E-state index in [0.29, 0.717) is 53.4 Å². The lowest BCUT2D eigenvalue weighted by Crippen LogP contribution is -2.59. The van der Waals surface area contributed by atoms with Crippen LogP contribution in [0.2, 0.25) is 0 Å². The van der Waals surface area contributed by atoms with Crippen LogP contribution >= 0.6 is 0 Å². The molecule has 0 aromatic carbocycles. The van der Waals surface area contributed by atoms with Crippen molar-refractivity contribution in [2.45, 2.75) is 142 Å². The summed E-state index contributed by atoms with van der Waals surface area (Å²) in [7, 11) is -4.69. The molecule has 4 aliphatic rings. The molecule has 0 heterocycles. The zero-order valence-corrected chi connectivity index (χ0v) is 32.4. The quantitative estimate of drug-likeness (QED) is 0.0643. The number of hydrogen-bond acceptors (Lipinski definition) is 9. The van der Waals surface area contributed by atoms with Gasteiger partial charge in [0, 0.05) is 6.04 Å². The molecule has 0 spiro atoms. The third kappa shape index (κ3) is 9.99. The molecule has 11 atom stereocenters. The first-order valence-corrected chi connectivity index (χ1v) is 21.4. The van der Waals surface area contributed by atoms with Crippen molar-refractivity contribution in [2.75, 3.05) is 45.9 Å². The van der Waals surface area contributed by atoms with E-state index in [9.17, 15) is 23.2 Å². The van der Waals surface area contributed by atoms with Crippen LogP contribution in [0.15, 0.2) is 0 Å². The van der Waals surface area contributed by atoms with Crippen LogP contribution in [0.25, 0.3) is 0 Å². The molecule has 0 aromatic heterocycles. The summed E-state index contributed by atoms with van der Waals surface area (Å²) in [5.74, 6) is 2.51. The van der Waals surface area contributed by atoms with Crippen LogP contribution in [0.1, 0.15) is 125 Å². The van der Waals surface area contributed by atoms with E-state index in [0.717, 1.165) is 77.8 Å². The number of nitrogens with one attached hydrogen (secondary N) is 3. The lowest BCUT2D eigenvalue weighted by atomic mass is 9.43. The fourth-order valence-electron chi connectivity index (χ4n) is 11.5. The number of aliphatic hydroxyl groups is 2. The maximum Gasteiger partial charge on any atom is 0.397 e. The number of aliphatic hydroxyl groups excluding tert-OH is 2. The summed E-state index contributed by atoms with van der Waals surface area (Å²) >= 11 is 0. The van der Waals surface area contributed by atoms with E-state index in [1.165, 1.54) is 44.9 Å². The molecule has 8 N–H and O–H groups in total. The van der Waals surface area contributed by atoms with Gasteiger partial charge in [-0.1, -0.05) is 34.6 Å². The highest BCUT2D eigenvalue weighted by molar-refractivity contribution is 7.80. The molecule has 4 fully saturated rings. The minimum atomic E-state index is -4.69. The first kappa shape index (κ1) is 41.4.